The van der Waals surface area contributed by atoms with E-state index in [0.29, 0.717) is 6.61 Å². The van der Waals surface area contributed by atoms with Gasteiger partial charge in [0.15, 0.2) is 0 Å². The minimum absolute atomic E-state index is 0.0253. The molecule has 1 spiro atoms. The molecule has 24 heavy (non-hydrogen) atoms. The van der Waals surface area contributed by atoms with E-state index in [1.165, 1.54) is 5.56 Å². The zero-order valence-corrected chi connectivity index (χ0v) is 15.0. The van der Waals surface area contributed by atoms with Crippen LogP contribution in [0.5, 0.6) is 0 Å². The number of nitrogens with one attached hydrogen (secondary N) is 1. The largest absolute Gasteiger partial charge is 0.379 e. The third kappa shape index (κ3) is 3.72. The average molecular weight is 335 g/mol. The van der Waals surface area contributed by atoms with Crippen molar-refractivity contribution in [3.63, 3.8) is 0 Å². The van der Waals surface area contributed by atoms with Crippen molar-refractivity contribution in [1.82, 2.24) is 24.9 Å². The van der Waals surface area contributed by atoms with Crippen LogP contribution in [-0.2, 0) is 18.3 Å². The second-order valence-corrected chi connectivity index (χ2v) is 7.38. The number of carbonyl (C=O) groups excluding carboxylic acids is 1. The first-order valence-corrected chi connectivity index (χ1v) is 8.74. The molecule has 0 radical (unpaired) electrons. The van der Waals surface area contributed by atoms with Gasteiger partial charge < -0.3 is 15.0 Å². The van der Waals surface area contributed by atoms with Gasteiger partial charge in [-0.3, -0.25) is 9.58 Å². The van der Waals surface area contributed by atoms with Gasteiger partial charge in [0.1, 0.15) is 0 Å². The fourth-order valence-electron chi connectivity index (χ4n) is 3.87. The van der Waals surface area contributed by atoms with Crippen LogP contribution in [-0.4, -0.2) is 72.1 Å². The van der Waals surface area contributed by atoms with Crippen LogP contribution in [0.1, 0.15) is 24.8 Å². The zero-order chi connectivity index (χ0) is 17.2. The van der Waals surface area contributed by atoms with E-state index in [-0.39, 0.29) is 17.5 Å². The van der Waals surface area contributed by atoms with Gasteiger partial charge in [0.2, 0.25) is 0 Å². The van der Waals surface area contributed by atoms with E-state index in [9.17, 15) is 4.79 Å². The number of rotatable bonds is 3. The van der Waals surface area contributed by atoms with Crippen LogP contribution in [0.15, 0.2) is 12.4 Å². The minimum atomic E-state index is -0.0253. The van der Waals surface area contributed by atoms with E-state index in [0.717, 1.165) is 45.5 Å². The molecule has 2 saturated heterocycles. The van der Waals surface area contributed by atoms with E-state index >= 15 is 0 Å². The van der Waals surface area contributed by atoms with Crippen LogP contribution in [0.2, 0.25) is 0 Å². The fraction of sp³-hybridized carbons (Fsp3) is 0.765. The first-order valence-electron chi connectivity index (χ1n) is 8.74. The number of nitrogens with zero attached hydrogens (tertiary/aromatic N) is 4. The lowest BCUT2D eigenvalue weighted by Crippen LogP contribution is -2.58. The van der Waals surface area contributed by atoms with Crippen LogP contribution in [0, 0.1) is 5.41 Å². The van der Waals surface area contributed by atoms with Gasteiger partial charge >= 0.3 is 6.03 Å². The lowest BCUT2D eigenvalue weighted by Gasteiger charge is -2.49. The number of hydrogen-bond donors (Lipinski definition) is 1. The second-order valence-electron chi connectivity index (χ2n) is 7.38. The molecule has 2 fully saturated rings. The molecule has 2 aliphatic rings. The molecule has 1 aromatic rings. The van der Waals surface area contributed by atoms with Gasteiger partial charge in [-0.05, 0) is 37.8 Å². The highest BCUT2D eigenvalue weighted by atomic mass is 16.5. The van der Waals surface area contributed by atoms with Crippen molar-refractivity contribution in [2.75, 3.05) is 40.4 Å². The molecule has 0 aliphatic carbocycles. The van der Waals surface area contributed by atoms with Gasteiger partial charge in [-0.1, -0.05) is 0 Å². The molecule has 0 aromatic carbocycles. The van der Waals surface area contributed by atoms with Crippen LogP contribution in [0.3, 0.4) is 0 Å². The van der Waals surface area contributed by atoms with Gasteiger partial charge in [0.05, 0.1) is 18.8 Å². The molecular formula is C17H29N5O2. The number of hydrogen-bond acceptors (Lipinski definition) is 4. The summed E-state index contributed by atoms with van der Waals surface area (Å²) in [5, 5.41) is 7.42. The number of aryl methyl sites for hydroxylation is 1. The second kappa shape index (κ2) is 7.11. The molecule has 0 bridgehead atoms. The number of urea groups is 1. The lowest BCUT2D eigenvalue weighted by molar-refractivity contribution is -0.0484. The normalized spacial score (nSPS) is 24.0. The summed E-state index contributed by atoms with van der Waals surface area (Å²) in [4.78, 5) is 16.2. The van der Waals surface area contributed by atoms with E-state index < -0.39 is 0 Å². The monoisotopic (exact) mass is 335 g/mol. The van der Waals surface area contributed by atoms with E-state index in [4.69, 9.17) is 4.74 Å². The molecule has 0 unspecified atom stereocenters. The summed E-state index contributed by atoms with van der Waals surface area (Å²) < 4.78 is 7.51. The molecule has 3 rings (SSSR count). The summed E-state index contributed by atoms with van der Waals surface area (Å²) in [6.45, 7) is 4.50. The SMILES string of the molecule is CN(C)C(=O)N[C@H]1COCCC12CCN(Cc1cnn(C)c1)CC2. The number of carbonyl (C=O) groups is 1. The van der Waals surface area contributed by atoms with Crippen molar-refractivity contribution in [1.29, 1.82) is 0 Å². The molecule has 0 saturated carbocycles. The maximum Gasteiger partial charge on any atom is 0.317 e. The number of aromatic nitrogens is 2. The minimum Gasteiger partial charge on any atom is -0.379 e. The van der Waals surface area contributed by atoms with Crippen LogP contribution < -0.4 is 5.32 Å². The van der Waals surface area contributed by atoms with Gasteiger partial charge in [0.25, 0.3) is 0 Å². The summed E-state index contributed by atoms with van der Waals surface area (Å²) in [7, 11) is 5.51. The summed E-state index contributed by atoms with van der Waals surface area (Å²) in [6, 6.07) is 0.0874. The Balaban J connectivity index is 1.60. The van der Waals surface area contributed by atoms with Gasteiger partial charge in [0, 0.05) is 46.1 Å². The maximum absolute atomic E-state index is 12.1. The fourth-order valence-corrected chi connectivity index (χ4v) is 3.87. The topological polar surface area (TPSA) is 62.6 Å². The van der Waals surface area contributed by atoms with Gasteiger partial charge in [-0.2, -0.15) is 5.10 Å². The zero-order valence-electron chi connectivity index (χ0n) is 15.0. The molecule has 3 heterocycles. The molecule has 2 aliphatic heterocycles. The molecule has 1 N–H and O–H groups in total. The summed E-state index contributed by atoms with van der Waals surface area (Å²) in [6.07, 6.45) is 7.27. The predicted octanol–water partition coefficient (Wildman–Crippen LogP) is 1.06. The summed E-state index contributed by atoms with van der Waals surface area (Å²) in [5.74, 6) is 0. The van der Waals surface area contributed by atoms with Crippen LogP contribution in [0.25, 0.3) is 0 Å². The van der Waals surface area contributed by atoms with Crippen molar-refractivity contribution in [2.24, 2.45) is 12.5 Å². The maximum atomic E-state index is 12.1. The van der Waals surface area contributed by atoms with Crippen molar-refractivity contribution in [2.45, 2.75) is 31.8 Å². The van der Waals surface area contributed by atoms with Crippen LogP contribution >= 0.6 is 0 Å². The highest BCUT2D eigenvalue weighted by Gasteiger charge is 2.44. The first kappa shape index (κ1) is 17.2. The van der Waals surface area contributed by atoms with E-state index in [1.54, 1.807) is 19.0 Å². The van der Waals surface area contributed by atoms with E-state index in [1.807, 2.05) is 17.9 Å². The number of ether oxygens (including phenoxy) is 1. The Morgan fingerprint density at radius 3 is 2.79 bits per heavy atom. The quantitative estimate of drug-likeness (QED) is 0.897. The number of piperidine rings is 1. The first-order chi connectivity index (χ1) is 11.5. The Bertz CT molecular complexity index is 563. The lowest BCUT2D eigenvalue weighted by atomic mass is 9.69. The Hall–Kier alpha value is -1.60. The van der Waals surface area contributed by atoms with Gasteiger partial charge in [-0.15, -0.1) is 0 Å². The smallest absolute Gasteiger partial charge is 0.317 e. The summed E-state index contributed by atoms with van der Waals surface area (Å²) in [5.41, 5.74) is 1.44. The molecular weight excluding hydrogens is 306 g/mol. The van der Waals surface area contributed by atoms with Crippen molar-refractivity contribution < 1.29 is 9.53 Å². The Morgan fingerprint density at radius 1 is 1.42 bits per heavy atom. The summed E-state index contributed by atoms with van der Waals surface area (Å²) >= 11 is 0. The Labute approximate surface area is 143 Å². The van der Waals surface area contributed by atoms with Crippen molar-refractivity contribution in [3.05, 3.63) is 18.0 Å². The Kier molecular flexibility index (Phi) is 5.10. The molecule has 7 nitrogen and oxygen atoms in total. The van der Waals surface area contributed by atoms with E-state index in [2.05, 4.69) is 21.5 Å². The van der Waals surface area contributed by atoms with Gasteiger partial charge in [-0.25, -0.2) is 4.79 Å². The third-order valence-corrected chi connectivity index (χ3v) is 5.49. The van der Waals surface area contributed by atoms with Crippen molar-refractivity contribution in [3.8, 4) is 0 Å². The highest BCUT2D eigenvalue weighted by Crippen LogP contribution is 2.41. The Morgan fingerprint density at radius 2 is 2.17 bits per heavy atom. The molecule has 2 amide bonds. The third-order valence-electron chi connectivity index (χ3n) is 5.49. The molecule has 1 aromatic heterocycles. The standard InChI is InChI=1S/C17H29N5O2/c1-20(2)16(23)19-15-13-24-9-6-17(15)4-7-22(8-5-17)12-14-10-18-21(3)11-14/h10-11,15H,4-9,12-13H2,1-3H3,(H,19,23)/t15-/m0/s1. The average Bonchev–Trinajstić information content (AvgIpc) is 2.97. The molecule has 134 valence electrons. The number of likely N-dealkylation sites (tertiary alicyclic amines) is 1. The van der Waals surface area contributed by atoms with Crippen molar-refractivity contribution >= 4 is 6.03 Å². The molecule has 1 atom stereocenters. The number of amides is 2. The molecule has 7 heteroatoms. The van der Waals surface area contributed by atoms with Crippen LogP contribution in [0.4, 0.5) is 4.79 Å². The predicted molar refractivity (Wildman–Crippen MR) is 91.6 cm³/mol. The highest BCUT2D eigenvalue weighted by molar-refractivity contribution is 5.74.